The van der Waals surface area contributed by atoms with Gasteiger partial charge >= 0.3 is 0 Å². The summed E-state index contributed by atoms with van der Waals surface area (Å²) in [4.78, 5) is 43.4. The van der Waals surface area contributed by atoms with Crippen LogP contribution in [0.5, 0.6) is 0 Å². The fourth-order valence-electron chi connectivity index (χ4n) is 18.2. The maximum absolute atomic E-state index is 8.75. The van der Waals surface area contributed by atoms with Crippen LogP contribution in [0.2, 0.25) is 0 Å². The van der Waals surface area contributed by atoms with Crippen LogP contribution >= 0.6 is 0 Å². The van der Waals surface area contributed by atoms with Gasteiger partial charge in [-0.05, 0) is 190 Å². The summed E-state index contributed by atoms with van der Waals surface area (Å²) in [5, 5.41) is 11.9. The van der Waals surface area contributed by atoms with E-state index in [1.165, 1.54) is 0 Å². The van der Waals surface area contributed by atoms with E-state index in [-0.39, 0.29) is 82.1 Å². The van der Waals surface area contributed by atoms with Crippen molar-refractivity contribution in [3.63, 3.8) is 0 Å². The van der Waals surface area contributed by atoms with Crippen molar-refractivity contribution >= 4 is 98.1 Å². The van der Waals surface area contributed by atoms with E-state index in [1.807, 2.05) is 243 Å². The molecule has 0 aliphatic carbocycles. The number of rotatable bonds is 15. The highest BCUT2D eigenvalue weighted by Gasteiger charge is 2.23. The van der Waals surface area contributed by atoms with Gasteiger partial charge in [0.1, 0.15) is 33.5 Å². The Morgan fingerprint density at radius 3 is 0.780 bits per heavy atom. The first kappa shape index (κ1) is 68.8. The summed E-state index contributed by atoms with van der Waals surface area (Å²) in [6.45, 7) is 0. The van der Waals surface area contributed by atoms with Crippen molar-refractivity contribution in [1.29, 1.82) is 0 Å². The molecule has 27 rings (SSSR count). The summed E-state index contributed by atoms with van der Waals surface area (Å²) in [5.74, 6) is 1.69. The third kappa shape index (κ3) is 16.9. The predicted octanol–water partition coefficient (Wildman–Crippen LogP) is 33.8. The lowest BCUT2D eigenvalue weighted by molar-refractivity contribution is 0.669. The summed E-state index contributed by atoms with van der Waals surface area (Å²) in [6.07, 6.45) is 0. The zero-order chi connectivity index (χ0) is 107. The van der Waals surface area contributed by atoms with Gasteiger partial charge < -0.3 is 13.3 Å². The minimum Gasteiger partial charge on any atom is -0.456 e. The van der Waals surface area contributed by atoms with Crippen LogP contribution in [0.25, 0.3) is 267 Å². The van der Waals surface area contributed by atoms with E-state index in [1.54, 1.807) is 0 Å². The standard InChI is InChI=1S/3C43H27N3O/c1-3-11-28(12-4-1)29-21-23-30(24-22-29)32-17-9-18-35(25-32)42-44-41(31-13-5-2-6-14-31)45-43(46-42)36-19-10-20-38-40(36)37-26-33-15-7-8-16-34(33)27-39(37)47-38;1-3-10-28(11-4-1)29-18-20-30(21-19-29)32-16-9-17-35(24-32)42-44-41(31-12-5-2-6-13-31)45-43(46-42)36-22-23-39-37(26-36)38-25-33-14-7-8-15-34(33)27-40(38)47-39;1-3-10-28(11-4-1)29-18-20-30(21-19-29)32-16-9-17-35(24-32)42-44-41(31-12-5-2-6-13-31)45-43(46-42)36-22-23-37-38-25-33-14-7-8-15-34(33)26-40(38)47-39(37)27-36/h3*1-27H/i2D,5D,6D,13D,14D;2*2D,5D,6D,12D,13D. The molecule has 0 aliphatic heterocycles. The van der Waals surface area contributed by atoms with Crippen LogP contribution in [0.15, 0.2) is 504 Å². The van der Waals surface area contributed by atoms with Crippen molar-refractivity contribution in [3.8, 4) is 169 Å². The SMILES string of the molecule is [2H]c1c([2H])c([2H])c(-c2nc(-c3cccc(-c4ccc(-c5ccccc5)cc4)c3)nc(-c3ccc4c(c3)oc3cc5ccccc5cc34)n2)c([2H])c1[2H].[2H]c1c([2H])c([2H])c(-c2nc(-c3cccc(-c4ccc(-c5ccccc5)cc4)c3)nc(-c3ccc4oc5cc6ccccc6cc5c4c3)n2)c([2H])c1[2H].[2H]c1c([2H])c([2H])c(-c2nc(-c3cccc(-c4ccc(-c5ccccc5)cc4)c3)nc(-c3cccc4oc5cc6ccccc6cc5c34)n2)c([2H])c1[2H]. The summed E-state index contributed by atoms with van der Waals surface area (Å²) in [5.41, 5.74) is 20.5. The largest absolute Gasteiger partial charge is 0.456 e. The second kappa shape index (κ2) is 36.6. The minimum absolute atomic E-state index is 0.0160. The van der Waals surface area contributed by atoms with Crippen LogP contribution in [-0.4, -0.2) is 44.9 Å². The van der Waals surface area contributed by atoms with Crippen LogP contribution in [0.1, 0.15) is 20.6 Å². The first-order valence-corrected chi connectivity index (χ1v) is 45.8. The molecule has 0 radical (unpaired) electrons. The lowest BCUT2D eigenvalue weighted by Crippen LogP contribution is -2.00. The summed E-state index contributed by atoms with van der Waals surface area (Å²) >= 11 is 0. The van der Waals surface area contributed by atoms with Gasteiger partial charge in [-0.1, -0.05) is 400 Å². The first-order chi connectivity index (χ1) is 76.0. The number of nitrogens with zero attached hydrogens (tertiary/aromatic N) is 9. The lowest BCUT2D eigenvalue weighted by Gasteiger charge is -2.10. The van der Waals surface area contributed by atoms with Crippen LogP contribution in [0.3, 0.4) is 0 Å². The number of fused-ring (bicyclic) bond motifs is 12. The van der Waals surface area contributed by atoms with E-state index < -0.39 is 54.4 Å². The second-order valence-corrected chi connectivity index (χ2v) is 34.0. The molecule has 6 aromatic heterocycles. The van der Waals surface area contributed by atoms with Gasteiger partial charge in [0.05, 0.1) is 20.6 Å². The maximum Gasteiger partial charge on any atom is 0.164 e. The Morgan fingerprint density at radius 2 is 0.390 bits per heavy atom. The van der Waals surface area contributed by atoms with Crippen LogP contribution < -0.4 is 0 Å². The zero-order valence-corrected chi connectivity index (χ0v) is 74.9. The molecule has 141 heavy (non-hydrogen) atoms. The fourth-order valence-corrected chi connectivity index (χ4v) is 18.2. The van der Waals surface area contributed by atoms with Crippen molar-refractivity contribution in [2.24, 2.45) is 0 Å². The average Bonchev–Trinajstić information content (AvgIpc) is 1.51. The monoisotopic (exact) mass is 1820 g/mol. The van der Waals surface area contributed by atoms with E-state index in [4.69, 9.17) is 78.7 Å². The molecule has 0 amide bonds. The molecule has 0 bridgehead atoms. The molecule has 0 aliphatic rings. The molecule has 0 N–H and O–H groups in total. The second-order valence-electron chi connectivity index (χ2n) is 34.0. The highest BCUT2D eigenvalue weighted by molar-refractivity contribution is 6.16. The fraction of sp³-hybridized carbons (Fsp3) is 0. The molecule has 0 fully saturated rings. The molecule has 0 unspecified atom stereocenters. The van der Waals surface area contributed by atoms with Gasteiger partial charge in [0, 0.05) is 82.4 Å². The molecule has 0 saturated carbocycles. The zero-order valence-electron chi connectivity index (χ0n) is 89.9. The van der Waals surface area contributed by atoms with E-state index >= 15 is 0 Å². The van der Waals surface area contributed by atoms with E-state index in [0.717, 1.165) is 143 Å². The predicted molar refractivity (Wildman–Crippen MR) is 575 cm³/mol. The highest BCUT2D eigenvalue weighted by Crippen LogP contribution is 2.43. The maximum atomic E-state index is 8.75. The van der Waals surface area contributed by atoms with Crippen LogP contribution in [0.4, 0.5) is 0 Å². The van der Waals surface area contributed by atoms with Gasteiger partial charge in [0.2, 0.25) is 0 Å². The number of hydrogen-bond donors (Lipinski definition) is 0. The minimum atomic E-state index is -0.485. The number of benzene rings is 21. The normalized spacial score (nSPS) is 12.9. The average molecular weight is 1820 g/mol. The number of aromatic nitrogens is 9. The van der Waals surface area contributed by atoms with Crippen LogP contribution in [-0.2, 0) is 0 Å². The van der Waals surface area contributed by atoms with Crippen molar-refractivity contribution in [2.45, 2.75) is 0 Å². The van der Waals surface area contributed by atoms with E-state index in [0.29, 0.717) is 79.0 Å². The number of hydrogen-bond acceptors (Lipinski definition) is 12. The van der Waals surface area contributed by atoms with Gasteiger partial charge in [0.25, 0.3) is 0 Å². The van der Waals surface area contributed by atoms with Gasteiger partial charge in [-0.2, -0.15) is 0 Å². The molecule has 12 heteroatoms. The molecule has 0 atom stereocenters. The van der Waals surface area contributed by atoms with Gasteiger partial charge in [-0.25, -0.2) is 44.9 Å². The molecule has 27 aromatic rings. The third-order valence-electron chi connectivity index (χ3n) is 25.2. The van der Waals surface area contributed by atoms with Crippen molar-refractivity contribution in [1.82, 2.24) is 44.9 Å². The van der Waals surface area contributed by atoms with Crippen molar-refractivity contribution in [3.05, 3.63) is 491 Å². The highest BCUT2D eigenvalue weighted by atomic mass is 16.3. The lowest BCUT2D eigenvalue weighted by atomic mass is 9.99. The summed E-state index contributed by atoms with van der Waals surface area (Å²) < 4.78 is 146. The Bertz CT molecular complexity index is 10300. The molecule has 0 spiro atoms. The van der Waals surface area contributed by atoms with Crippen molar-refractivity contribution in [2.75, 3.05) is 0 Å². The van der Waals surface area contributed by atoms with E-state index in [9.17, 15) is 0 Å². The third-order valence-corrected chi connectivity index (χ3v) is 25.2. The molecular formula is C129H81N9O3. The first-order valence-electron chi connectivity index (χ1n) is 53.3. The van der Waals surface area contributed by atoms with Crippen molar-refractivity contribution < 1.29 is 33.8 Å². The summed E-state index contributed by atoms with van der Waals surface area (Å²) in [7, 11) is 0. The van der Waals surface area contributed by atoms with Gasteiger partial charge in [-0.15, -0.1) is 0 Å². The smallest absolute Gasteiger partial charge is 0.164 e. The quantitative estimate of drug-likeness (QED) is 0.0959. The molecule has 12 nitrogen and oxygen atoms in total. The molecule has 6 heterocycles. The molecule has 660 valence electrons. The molecule has 0 saturated heterocycles. The Hall–Kier alpha value is -19.2. The number of furan rings is 3. The Labute approximate surface area is 832 Å². The van der Waals surface area contributed by atoms with Crippen LogP contribution in [0, 0.1) is 0 Å². The van der Waals surface area contributed by atoms with E-state index in [2.05, 4.69) is 158 Å². The Balaban J connectivity index is 0.000000120. The van der Waals surface area contributed by atoms with Gasteiger partial charge in [-0.3, -0.25) is 0 Å². The van der Waals surface area contributed by atoms with Gasteiger partial charge in [0.15, 0.2) is 52.4 Å². The summed E-state index contributed by atoms with van der Waals surface area (Å²) in [6, 6.07) is 126. The topological polar surface area (TPSA) is 155 Å². The molecule has 21 aromatic carbocycles. The molecular weight excluding hydrogens is 1720 g/mol. The Morgan fingerprint density at radius 1 is 0.142 bits per heavy atom. The Kier molecular flexibility index (Phi) is 17.8.